The lowest BCUT2D eigenvalue weighted by Gasteiger charge is -2.49. The molecule has 3 amide bonds. The lowest BCUT2D eigenvalue weighted by atomic mass is 9.75. The number of likely N-dealkylation sites (tertiary alicyclic amines) is 1. The maximum atomic E-state index is 12.8. The molecule has 1 spiro atoms. The van der Waals surface area contributed by atoms with Crippen molar-refractivity contribution in [3.8, 4) is 0 Å². The van der Waals surface area contributed by atoms with Gasteiger partial charge in [-0.25, -0.2) is 4.79 Å². The minimum atomic E-state index is -0.360. The molecule has 154 valence electrons. The lowest BCUT2D eigenvalue weighted by molar-refractivity contribution is -0.0134. The van der Waals surface area contributed by atoms with Crippen molar-refractivity contribution in [2.24, 2.45) is 11.1 Å². The fourth-order valence-corrected chi connectivity index (χ4v) is 5.00. The summed E-state index contributed by atoms with van der Waals surface area (Å²) in [7, 11) is 0. The van der Waals surface area contributed by atoms with E-state index in [4.69, 9.17) is 10.5 Å². The van der Waals surface area contributed by atoms with Crippen LogP contribution in [-0.4, -0.2) is 52.9 Å². The summed E-state index contributed by atoms with van der Waals surface area (Å²) in [5.74, 6) is -0.494. The van der Waals surface area contributed by atoms with E-state index in [2.05, 4.69) is 0 Å². The van der Waals surface area contributed by atoms with E-state index in [-0.39, 0.29) is 42.0 Å². The molecule has 0 unspecified atom stereocenters. The van der Waals surface area contributed by atoms with Crippen LogP contribution in [0.1, 0.15) is 39.1 Å². The fraction of sp³-hybridized carbons (Fsp3) is 0.348. The second-order valence-electron chi connectivity index (χ2n) is 8.48. The fourth-order valence-electron chi connectivity index (χ4n) is 5.00. The van der Waals surface area contributed by atoms with Gasteiger partial charge in [-0.2, -0.15) is 0 Å². The van der Waals surface area contributed by atoms with Crippen molar-refractivity contribution in [1.29, 1.82) is 0 Å². The van der Waals surface area contributed by atoms with E-state index < -0.39 is 0 Å². The quantitative estimate of drug-likeness (QED) is 0.792. The number of nitrogens with two attached hydrogens (primary N) is 1. The highest BCUT2D eigenvalue weighted by molar-refractivity contribution is 6.21. The molecule has 2 aliphatic heterocycles. The van der Waals surface area contributed by atoms with E-state index in [9.17, 15) is 14.4 Å². The number of imide groups is 1. The molecule has 0 radical (unpaired) electrons. The number of fused-ring (bicyclic) bond motifs is 1. The Morgan fingerprint density at radius 1 is 1.00 bits per heavy atom. The van der Waals surface area contributed by atoms with Crippen molar-refractivity contribution in [2.45, 2.75) is 31.5 Å². The third-order valence-corrected chi connectivity index (χ3v) is 6.62. The number of carbonyl (C=O) groups excluding carboxylic acids is 3. The monoisotopic (exact) mass is 405 g/mol. The van der Waals surface area contributed by atoms with Gasteiger partial charge in [0.2, 0.25) is 0 Å². The van der Waals surface area contributed by atoms with Crippen LogP contribution in [0.3, 0.4) is 0 Å². The highest BCUT2D eigenvalue weighted by Gasteiger charge is 2.57. The molecule has 7 nitrogen and oxygen atoms in total. The predicted octanol–water partition coefficient (Wildman–Crippen LogP) is 2.41. The van der Waals surface area contributed by atoms with Crippen LogP contribution in [0, 0.1) is 5.41 Å². The molecule has 5 rings (SSSR count). The largest absolute Gasteiger partial charge is 0.445 e. The molecule has 0 aromatic heterocycles. The summed E-state index contributed by atoms with van der Waals surface area (Å²) in [6.07, 6.45) is 0.807. The van der Waals surface area contributed by atoms with Gasteiger partial charge >= 0.3 is 6.09 Å². The zero-order valence-electron chi connectivity index (χ0n) is 16.5. The number of hydrogen-bond acceptors (Lipinski definition) is 5. The van der Waals surface area contributed by atoms with Gasteiger partial charge in [-0.05, 0) is 30.5 Å². The van der Waals surface area contributed by atoms with E-state index in [1.165, 1.54) is 4.90 Å². The molecular formula is C23H23N3O4. The molecular weight excluding hydrogens is 382 g/mol. The molecule has 3 aliphatic rings. The van der Waals surface area contributed by atoms with Crippen molar-refractivity contribution < 1.29 is 19.1 Å². The van der Waals surface area contributed by atoms with Gasteiger partial charge in [0.1, 0.15) is 6.61 Å². The Hall–Kier alpha value is -3.19. The van der Waals surface area contributed by atoms with Gasteiger partial charge in [-0.3, -0.25) is 14.5 Å². The van der Waals surface area contributed by atoms with Crippen LogP contribution >= 0.6 is 0 Å². The van der Waals surface area contributed by atoms with Crippen LogP contribution < -0.4 is 5.73 Å². The van der Waals surface area contributed by atoms with Crippen LogP contribution in [0.4, 0.5) is 4.79 Å². The average molecular weight is 405 g/mol. The van der Waals surface area contributed by atoms with E-state index in [1.807, 2.05) is 30.3 Å². The number of rotatable bonds is 3. The van der Waals surface area contributed by atoms with Crippen molar-refractivity contribution in [3.05, 3.63) is 71.3 Å². The first-order chi connectivity index (χ1) is 14.5. The Balaban J connectivity index is 1.22. The van der Waals surface area contributed by atoms with Gasteiger partial charge < -0.3 is 15.4 Å². The molecule has 2 heterocycles. The third-order valence-electron chi connectivity index (χ3n) is 6.62. The minimum absolute atomic E-state index is 0.176. The predicted molar refractivity (Wildman–Crippen MR) is 109 cm³/mol. The number of nitrogens with zero attached hydrogens (tertiary/aromatic N) is 2. The number of carbonyl (C=O) groups is 3. The summed E-state index contributed by atoms with van der Waals surface area (Å²) < 4.78 is 5.40. The highest BCUT2D eigenvalue weighted by Crippen LogP contribution is 2.47. The van der Waals surface area contributed by atoms with Gasteiger partial charge in [0, 0.05) is 30.6 Å². The molecule has 2 N–H and O–H groups in total. The molecule has 2 atom stereocenters. The van der Waals surface area contributed by atoms with Crippen LogP contribution in [0.5, 0.6) is 0 Å². The Morgan fingerprint density at radius 3 is 2.23 bits per heavy atom. The van der Waals surface area contributed by atoms with E-state index in [0.717, 1.165) is 5.56 Å². The molecule has 7 heteroatoms. The SMILES string of the molecule is N[C@@H]1C[C@@H](N2C(=O)c3ccccc3C2=O)CC12CN(C(=O)OCc1ccccc1)C2. The van der Waals surface area contributed by atoms with Gasteiger partial charge in [-0.15, -0.1) is 0 Å². The normalized spacial score (nSPS) is 24.2. The number of ether oxygens (including phenoxy) is 1. The maximum Gasteiger partial charge on any atom is 0.410 e. The second kappa shape index (κ2) is 6.95. The molecule has 2 aromatic rings. The highest BCUT2D eigenvalue weighted by atomic mass is 16.6. The maximum absolute atomic E-state index is 12.8. The topological polar surface area (TPSA) is 92.9 Å². The third kappa shape index (κ3) is 2.89. The molecule has 2 fully saturated rings. The van der Waals surface area contributed by atoms with Gasteiger partial charge in [-0.1, -0.05) is 42.5 Å². The molecule has 1 saturated heterocycles. The Labute approximate surface area is 174 Å². The van der Waals surface area contributed by atoms with E-state index in [0.29, 0.717) is 37.1 Å². The number of amides is 3. The molecule has 30 heavy (non-hydrogen) atoms. The van der Waals surface area contributed by atoms with E-state index in [1.54, 1.807) is 29.2 Å². The summed E-state index contributed by atoms with van der Waals surface area (Å²) in [5.41, 5.74) is 8.00. The summed E-state index contributed by atoms with van der Waals surface area (Å²) >= 11 is 0. The minimum Gasteiger partial charge on any atom is -0.445 e. The zero-order valence-corrected chi connectivity index (χ0v) is 16.5. The molecule has 0 bridgehead atoms. The van der Waals surface area contributed by atoms with Crippen molar-refractivity contribution in [1.82, 2.24) is 9.80 Å². The van der Waals surface area contributed by atoms with Crippen LogP contribution in [0.25, 0.3) is 0 Å². The Morgan fingerprint density at radius 2 is 1.60 bits per heavy atom. The Bertz CT molecular complexity index is 981. The van der Waals surface area contributed by atoms with Gasteiger partial charge in [0.05, 0.1) is 11.1 Å². The summed E-state index contributed by atoms with van der Waals surface area (Å²) in [5, 5.41) is 0. The second-order valence-corrected chi connectivity index (χ2v) is 8.48. The lowest BCUT2D eigenvalue weighted by Crippen LogP contribution is -2.63. The first kappa shape index (κ1) is 18.8. The summed E-state index contributed by atoms with van der Waals surface area (Å²) in [6.45, 7) is 1.20. The molecule has 1 aliphatic carbocycles. The molecule has 2 aromatic carbocycles. The molecule has 1 saturated carbocycles. The first-order valence-electron chi connectivity index (χ1n) is 10.2. The first-order valence-corrected chi connectivity index (χ1v) is 10.2. The standard InChI is InChI=1S/C23H23N3O4/c24-19-10-16(26-20(27)17-8-4-5-9-18(17)21(26)28)11-23(19)13-25(14-23)22(29)30-12-15-6-2-1-3-7-15/h1-9,16,19H,10-14,24H2/t16-,19-/m1/s1. The van der Waals surface area contributed by atoms with Crippen LogP contribution in [-0.2, 0) is 11.3 Å². The van der Waals surface area contributed by atoms with E-state index >= 15 is 0 Å². The van der Waals surface area contributed by atoms with Crippen molar-refractivity contribution in [2.75, 3.05) is 13.1 Å². The van der Waals surface area contributed by atoms with Gasteiger partial charge in [0.15, 0.2) is 0 Å². The smallest absolute Gasteiger partial charge is 0.410 e. The van der Waals surface area contributed by atoms with Crippen LogP contribution in [0.2, 0.25) is 0 Å². The van der Waals surface area contributed by atoms with Crippen molar-refractivity contribution in [3.63, 3.8) is 0 Å². The zero-order chi connectivity index (χ0) is 20.9. The number of hydrogen-bond donors (Lipinski definition) is 1. The van der Waals surface area contributed by atoms with Crippen LogP contribution in [0.15, 0.2) is 54.6 Å². The van der Waals surface area contributed by atoms with Gasteiger partial charge in [0.25, 0.3) is 11.8 Å². The average Bonchev–Trinajstić information content (AvgIpc) is 3.20. The number of benzene rings is 2. The Kier molecular flexibility index (Phi) is 4.36. The summed E-state index contributed by atoms with van der Waals surface area (Å²) in [4.78, 5) is 41.0. The summed E-state index contributed by atoms with van der Waals surface area (Å²) in [6, 6.07) is 16.0. The van der Waals surface area contributed by atoms with Crippen molar-refractivity contribution >= 4 is 17.9 Å².